The van der Waals surface area contributed by atoms with E-state index in [1.807, 2.05) is 26.0 Å². The zero-order valence-corrected chi connectivity index (χ0v) is 16.0. The Kier molecular flexibility index (Phi) is 6.21. The maximum atomic E-state index is 11.9. The SMILES string of the molecule is CCCC(=O)NC1CCCN(c2ccc(-c3nc(CC)cc(=O)[nH]3)cn2)C1. The minimum absolute atomic E-state index is 0.124. The van der Waals surface area contributed by atoms with Crippen LogP contribution >= 0.6 is 0 Å². The van der Waals surface area contributed by atoms with Crippen LogP contribution in [0.3, 0.4) is 0 Å². The predicted molar refractivity (Wildman–Crippen MR) is 106 cm³/mol. The first-order valence-electron chi connectivity index (χ1n) is 9.70. The van der Waals surface area contributed by atoms with Crippen LogP contribution in [0.5, 0.6) is 0 Å². The van der Waals surface area contributed by atoms with Gasteiger partial charge in [-0.1, -0.05) is 13.8 Å². The van der Waals surface area contributed by atoms with Gasteiger partial charge in [0.15, 0.2) is 0 Å². The third kappa shape index (κ3) is 4.93. The minimum Gasteiger partial charge on any atom is -0.355 e. The van der Waals surface area contributed by atoms with Crippen LogP contribution in [-0.2, 0) is 11.2 Å². The van der Waals surface area contributed by atoms with E-state index >= 15 is 0 Å². The van der Waals surface area contributed by atoms with E-state index in [2.05, 4.69) is 25.2 Å². The summed E-state index contributed by atoms with van der Waals surface area (Å²) >= 11 is 0. The van der Waals surface area contributed by atoms with Gasteiger partial charge in [-0.25, -0.2) is 9.97 Å². The van der Waals surface area contributed by atoms with Crippen LogP contribution in [0.25, 0.3) is 11.4 Å². The summed E-state index contributed by atoms with van der Waals surface area (Å²) in [4.78, 5) is 37.6. The monoisotopic (exact) mass is 369 g/mol. The van der Waals surface area contributed by atoms with Crippen LogP contribution in [0.15, 0.2) is 29.2 Å². The molecule has 1 fully saturated rings. The molecular weight excluding hydrogens is 342 g/mol. The summed E-state index contributed by atoms with van der Waals surface area (Å²) in [6, 6.07) is 5.56. The van der Waals surface area contributed by atoms with Crippen LogP contribution in [0.2, 0.25) is 0 Å². The van der Waals surface area contributed by atoms with Gasteiger partial charge in [0.2, 0.25) is 5.91 Å². The molecule has 1 aliphatic heterocycles. The van der Waals surface area contributed by atoms with E-state index < -0.39 is 0 Å². The van der Waals surface area contributed by atoms with Crippen molar-refractivity contribution in [3.63, 3.8) is 0 Å². The van der Waals surface area contributed by atoms with Crippen LogP contribution in [0, 0.1) is 0 Å². The predicted octanol–water partition coefficient (Wildman–Crippen LogP) is 2.28. The molecule has 0 saturated carbocycles. The molecule has 7 nitrogen and oxygen atoms in total. The van der Waals surface area contributed by atoms with Crippen molar-refractivity contribution in [1.29, 1.82) is 0 Å². The summed E-state index contributed by atoms with van der Waals surface area (Å²) in [7, 11) is 0. The fraction of sp³-hybridized carbons (Fsp3) is 0.500. The zero-order valence-electron chi connectivity index (χ0n) is 16.0. The highest BCUT2D eigenvalue weighted by Gasteiger charge is 2.22. The minimum atomic E-state index is -0.150. The average Bonchev–Trinajstić information content (AvgIpc) is 2.68. The Morgan fingerprint density at radius 1 is 1.37 bits per heavy atom. The molecule has 7 heteroatoms. The molecule has 0 spiro atoms. The van der Waals surface area contributed by atoms with Crippen LogP contribution in [0.4, 0.5) is 5.82 Å². The van der Waals surface area contributed by atoms with Crippen molar-refractivity contribution in [3.05, 3.63) is 40.4 Å². The molecule has 0 aliphatic carbocycles. The second-order valence-electron chi connectivity index (χ2n) is 6.95. The lowest BCUT2D eigenvalue weighted by Gasteiger charge is -2.34. The van der Waals surface area contributed by atoms with Gasteiger partial charge in [-0.05, 0) is 37.8 Å². The molecule has 2 aromatic heterocycles. The quantitative estimate of drug-likeness (QED) is 0.815. The topological polar surface area (TPSA) is 91.0 Å². The normalized spacial score (nSPS) is 17.0. The Balaban J connectivity index is 1.70. The number of rotatable bonds is 6. The number of carbonyl (C=O) groups is 1. The van der Waals surface area contributed by atoms with Crippen molar-refractivity contribution in [3.8, 4) is 11.4 Å². The van der Waals surface area contributed by atoms with E-state index in [1.165, 1.54) is 6.07 Å². The smallest absolute Gasteiger partial charge is 0.251 e. The third-order valence-corrected chi connectivity index (χ3v) is 4.77. The molecule has 1 saturated heterocycles. The number of amides is 1. The number of pyridine rings is 1. The summed E-state index contributed by atoms with van der Waals surface area (Å²) in [5, 5.41) is 3.12. The summed E-state index contributed by atoms with van der Waals surface area (Å²) in [6.07, 6.45) is 5.91. The lowest BCUT2D eigenvalue weighted by molar-refractivity contribution is -0.121. The van der Waals surface area contributed by atoms with Crippen molar-refractivity contribution in [1.82, 2.24) is 20.3 Å². The Morgan fingerprint density at radius 3 is 2.93 bits per heavy atom. The maximum Gasteiger partial charge on any atom is 0.251 e. The molecule has 0 radical (unpaired) electrons. The average molecular weight is 369 g/mol. The van der Waals surface area contributed by atoms with Gasteiger partial charge in [-0.2, -0.15) is 0 Å². The van der Waals surface area contributed by atoms with Gasteiger partial charge >= 0.3 is 0 Å². The highest BCUT2D eigenvalue weighted by Crippen LogP contribution is 2.21. The van der Waals surface area contributed by atoms with E-state index in [9.17, 15) is 9.59 Å². The second-order valence-corrected chi connectivity index (χ2v) is 6.95. The molecular formula is C20H27N5O2. The first-order chi connectivity index (χ1) is 13.1. The molecule has 2 N–H and O–H groups in total. The molecule has 0 bridgehead atoms. The van der Waals surface area contributed by atoms with Gasteiger partial charge in [0.1, 0.15) is 11.6 Å². The number of anilines is 1. The number of nitrogens with one attached hydrogen (secondary N) is 2. The van der Waals surface area contributed by atoms with Crippen molar-refractivity contribution in [2.24, 2.45) is 0 Å². The number of aryl methyl sites for hydroxylation is 1. The standard InChI is InChI=1S/C20H27N5O2/c1-3-6-18(26)22-16-7-5-10-25(13-16)17-9-8-14(12-21-17)20-23-15(4-2)11-19(27)24-20/h8-9,11-12,16H,3-7,10,13H2,1-2H3,(H,22,26)(H,23,24,27). The fourth-order valence-corrected chi connectivity index (χ4v) is 3.37. The number of hydrogen-bond donors (Lipinski definition) is 2. The van der Waals surface area contributed by atoms with Crippen LogP contribution in [-0.4, -0.2) is 40.0 Å². The number of carbonyl (C=O) groups excluding carboxylic acids is 1. The summed E-state index contributed by atoms with van der Waals surface area (Å²) in [5.41, 5.74) is 1.40. The van der Waals surface area contributed by atoms with E-state index in [-0.39, 0.29) is 17.5 Å². The van der Waals surface area contributed by atoms with Crippen molar-refractivity contribution >= 4 is 11.7 Å². The molecule has 1 amide bonds. The summed E-state index contributed by atoms with van der Waals surface area (Å²) in [6.45, 7) is 5.67. The number of nitrogens with zero attached hydrogens (tertiary/aromatic N) is 3. The lowest BCUT2D eigenvalue weighted by atomic mass is 10.1. The van der Waals surface area contributed by atoms with E-state index in [0.717, 1.165) is 49.4 Å². The molecule has 144 valence electrons. The van der Waals surface area contributed by atoms with Crippen LogP contribution in [0.1, 0.15) is 45.2 Å². The molecule has 2 aromatic rings. The maximum absolute atomic E-state index is 11.9. The molecule has 3 heterocycles. The second kappa shape index (κ2) is 8.79. The Morgan fingerprint density at radius 2 is 2.22 bits per heavy atom. The Hall–Kier alpha value is -2.70. The molecule has 0 aromatic carbocycles. The van der Waals surface area contributed by atoms with Gasteiger partial charge in [0.25, 0.3) is 5.56 Å². The largest absolute Gasteiger partial charge is 0.355 e. The van der Waals surface area contributed by atoms with Gasteiger partial charge in [-0.3, -0.25) is 9.59 Å². The summed E-state index contributed by atoms with van der Waals surface area (Å²) in [5.74, 6) is 1.54. The number of piperidine rings is 1. The third-order valence-electron chi connectivity index (χ3n) is 4.77. The van der Waals surface area contributed by atoms with Gasteiger partial charge in [0, 0.05) is 49.1 Å². The number of H-pyrrole nitrogens is 1. The van der Waals surface area contributed by atoms with E-state index in [4.69, 9.17) is 0 Å². The van der Waals surface area contributed by atoms with E-state index in [0.29, 0.717) is 18.7 Å². The number of hydrogen-bond acceptors (Lipinski definition) is 5. The summed E-state index contributed by atoms with van der Waals surface area (Å²) < 4.78 is 0. The molecule has 1 unspecified atom stereocenters. The first kappa shape index (κ1) is 19.1. The molecule has 27 heavy (non-hydrogen) atoms. The van der Waals surface area contributed by atoms with Crippen LogP contribution < -0.4 is 15.8 Å². The van der Waals surface area contributed by atoms with Gasteiger partial charge in [0.05, 0.1) is 0 Å². The number of aromatic nitrogens is 3. The first-order valence-corrected chi connectivity index (χ1v) is 9.70. The molecule has 1 atom stereocenters. The van der Waals surface area contributed by atoms with Gasteiger partial charge < -0.3 is 15.2 Å². The lowest BCUT2D eigenvalue weighted by Crippen LogP contribution is -2.48. The van der Waals surface area contributed by atoms with Gasteiger partial charge in [-0.15, -0.1) is 0 Å². The molecule has 1 aliphatic rings. The van der Waals surface area contributed by atoms with E-state index in [1.54, 1.807) is 6.20 Å². The zero-order chi connectivity index (χ0) is 19.2. The highest BCUT2D eigenvalue weighted by molar-refractivity contribution is 5.76. The Bertz CT molecular complexity index is 831. The van der Waals surface area contributed by atoms with Crippen molar-refractivity contribution in [2.75, 3.05) is 18.0 Å². The highest BCUT2D eigenvalue weighted by atomic mass is 16.1. The fourth-order valence-electron chi connectivity index (χ4n) is 3.37. The number of aromatic amines is 1. The van der Waals surface area contributed by atoms with Crippen molar-refractivity contribution in [2.45, 2.75) is 52.0 Å². The molecule has 3 rings (SSSR count). The Labute approximate surface area is 159 Å². The van der Waals surface area contributed by atoms with Crippen molar-refractivity contribution < 1.29 is 4.79 Å².